The zero-order valence-electron chi connectivity index (χ0n) is 9.93. The van der Waals surface area contributed by atoms with E-state index in [0.717, 1.165) is 22.6 Å². The van der Waals surface area contributed by atoms with E-state index in [-0.39, 0.29) is 12.0 Å². The smallest absolute Gasteiger partial charge is 0.231 e. The molecule has 0 fully saturated rings. The van der Waals surface area contributed by atoms with Gasteiger partial charge in [-0.3, -0.25) is 4.79 Å². The molecule has 0 radical (unpaired) electrons. The van der Waals surface area contributed by atoms with Gasteiger partial charge in [-0.05, 0) is 31.5 Å². The molecule has 1 aromatic carbocycles. The van der Waals surface area contributed by atoms with Gasteiger partial charge in [0.25, 0.3) is 0 Å². The number of amides is 1. The summed E-state index contributed by atoms with van der Waals surface area (Å²) in [5.74, 6) is 0.836. The van der Waals surface area contributed by atoms with Crippen LogP contribution in [0.2, 0.25) is 0 Å². The Morgan fingerprint density at radius 2 is 2.29 bits per heavy atom. The lowest BCUT2D eigenvalue weighted by atomic mass is 10.0. The van der Waals surface area contributed by atoms with Crippen molar-refractivity contribution in [2.24, 2.45) is 0 Å². The monoisotopic (exact) mass is 233 g/mol. The number of hydrogen-bond donors (Lipinski definition) is 1. The number of nitrogens with zero attached hydrogens (tertiary/aromatic N) is 1. The zero-order valence-corrected chi connectivity index (χ0v) is 9.93. The van der Waals surface area contributed by atoms with E-state index < -0.39 is 6.10 Å². The van der Waals surface area contributed by atoms with Gasteiger partial charge in [-0.2, -0.15) is 0 Å². The average molecular weight is 233 g/mol. The van der Waals surface area contributed by atoms with E-state index in [1.54, 1.807) is 4.90 Å². The first-order chi connectivity index (χ1) is 8.11. The summed E-state index contributed by atoms with van der Waals surface area (Å²) >= 11 is 0. The molecule has 2 aliphatic heterocycles. The Balaban J connectivity index is 2.11. The van der Waals surface area contributed by atoms with E-state index >= 15 is 0 Å². The molecule has 17 heavy (non-hydrogen) atoms. The van der Waals surface area contributed by atoms with Crippen LogP contribution in [0.3, 0.4) is 0 Å². The lowest BCUT2D eigenvalue weighted by Gasteiger charge is -2.15. The third-order valence-electron chi connectivity index (χ3n) is 3.54. The third-order valence-corrected chi connectivity index (χ3v) is 3.54. The van der Waals surface area contributed by atoms with Gasteiger partial charge in [0.05, 0.1) is 6.42 Å². The maximum Gasteiger partial charge on any atom is 0.231 e. The van der Waals surface area contributed by atoms with Crippen LogP contribution in [0.1, 0.15) is 31.1 Å². The quantitative estimate of drug-likeness (QED) is 0.798. The summed E-state index contributed by atoms with van der Waals surface area (Å²) in [6.45, 7) is 4.46. The van der Waals surface area contributed by atoms with Crippen molar-refractivity contribution in [3.63, 3.8) is 0 Å². The van der Waals surface area contributed by atoms with Crippen LogP contribution in [-0.2, 0) is 11.2 Å². The molecule has 3 rings (SSSR count). The molecule has 4 nitrogen and oxygen atoms in total. The number of fused-ring (bicyclic) bond motifs is 2. The molecule has 1 aromatic rings. The molecule has 0 aliphatic carbocycles. The van der Waals surface area contributed by atoms with Crippen molar-refractivity contribution in [1.82, 2.24) is 0 Å². The molecule has 2 aliphatic rings. The van der Waals surface area contributed by atoms with Crippen LogP contribution < -0.4 is 9.64 Å². The van der Waals surface area contributed by atoms with E-state index in [1.807, 2.05) is 26.0 Å². The summed E-state index contributed by atoms with van der Waals surface area (Å²) in [4.78, 5) is 13.5. The Labute approximate surface area is 99.8 Å². The summed E-state index contributed by atoms with van der Waals surface area (Å²) < 4.78 is 5.57. The molecular formula is C13H15NO3. The molecule has 1 amide bonds. The highest BCUT2D eigenvalue weighted by atomic mass is 16.5. The predicted octanol–water partition coefficient (Wildman–Crippen LogP) is 1.41. The first kappa shape index (κ1) is 10.6. The van der Waals surface area contributed by atoms with Crippen molar-refractivity contribution in [1.29, 1.82) is 0 Å². The maximum absolute atomic E-state index is 11.8. The molecule has 1 N–H and O–H groups in total. The van der Waals surface area contributed by atoms with Crippen molar-refractivity contribution in [2.75, 3.05) is 11.4 Å². The molecule has 0 bridgehead atoms. The van der Waals surface area contributed by atoms with Crippen LogP contribution in [0.4, 0.5) is 5.69 Å². The Kier molecular flexibility index (Phi) is 2.16. The number of carbonyl (C=O) groups excluding carboxylic acids is 1. The van der Waals surface area contributed by atoms with Crippen LogP contribution in [0.5, 0.6) is 5.75 Å². The minimum Gasteiger partial charge on any atom is -0.487 e. The normalized spacial score (nSPS) is 25.8. The molecule has 0 spiro atoms. The first-order valence-corrected chi connectivity index (χ1v) is 5.93. The van der Waals surface area contributed by atoms with E-state index in [0.29, 0.717) is 13.0 Å². The topological polar surface area (TPSA) is 49.8 Å². The number of anilines is 1. The highest BCUT2D eigenvalue weighted by Gasteiger charge is 2.34. The van der Waals surface area contributed by atoms with Crippen molar-refractivity contribution in [3.8, 4) is 5.75 Å². The van der Waals surface area contributed by atoms with Crippen LogP contribution >= 0.6 is 0 Å². The zero-order chi connectivity index (χ0) is 12.2. The molecule has 2 heterocycles. The van der Waals surface area contributed by atoms with E-state index in [9.17, 15) is 9.90 Å². The first-order valence-electron chi connectivity index (χ1n) is 5.93. The summed E-state index contributed by atoms with van der Waals surface area (Å²) in [6.07, 6.45) is -0.368. The predicted molar refractivity (Wildman–Crippen MR) is 63.2 cm³/mol. The second-order valence-corrected chi connectivity index (χ2v) is 4.60. The van der Waals surface area contributed by atoms with Gasteiger partial charge in [-0.25, -0.2) is 0 Å². The SMILES string of the molecule is CCN1C(=O)Cc2cc3c(cc21)C(O)C(C)O3. The summed E-state index contributed by atoms with van der Waals surface area (Å²) in [7, 11) is 0. The molecule has 0 saturated heterocycles. The Bertz CT molecular complexity index is 498. The number of benzene rings is 1. The largest absolute Gasteiger partial charge is 0.487 e. The number of aliphatic hydroxyl groups excluding tert-OH is 1. The number of aliphatic hydroxyl groups is 1. The molecular weight excluding hydrogens is 218 g/mol. The lowest BCUT2D eigenvalue weighted by Crippen LogP contribution is -2.26. The Morgan fingerprint density at radius 3 is 3.00 bits per heavy atom. The van der Waals surface area contributed by atoms with E-state index in [2.05, 4.69) is 0 Å². The number of rotatable bonds is 1. The molecule has 4 heteroatoms. The minimum atomic E-state index is -0.593. The fourth-order valence-corrected chi connectivity index (χ4v) is 2.61. The van der Waals surface area contributed by atoms with Gasteiger partial charge in [0, 0.05) is 17.8 Å². The van der Waals surface area contributed by atoms with Gasteiger partial charge in [0.2, 0.25) is 5.91 Å². The molecule has 90 valence electrons. The fourth-order valence-electron chi connectivity index (χ4n) is 2.61. The van der Waals surface area contributed by atoms with E-state index in [1.165, 1.54) is 0 Å². The summed E-state index contributed by atoms with van der Waals surface area (Å²) in [6, 6.07) is 3.79. The number of carbonyl (C=O) groups is 1. The van der Waals surface area contributed by atoms with Gasteiger partial charge < -0.3 is 14.7 Å². The van der Waals surface area contributed by atoms with Crippen LogP contribution in [0.25, 0.3) is 0 Å². The second kappa shape index (κ2) is 3.47. The highest BCUT2D eigenvalue weighted by molar-refractivity contribution is 6.01. The Morgan fingerprint density at radius 1 is 1.53 bits per heavy atom. The molecule has 2 atom stereocenters. The van der Waals surface area contributed by atoms with Gasteiger partial charge in [0.1, 0.15) is 18.0 Å². The Hall–Kier alpha value is -1.55. The van der Waals surface area contributed by atoms with Crippen molar-refractivity contribution < 1.29 is 14.6 Å². The summed E-state index contributed by atoms with van der Waals surface area (Å²) in [5.41, 5.74) is 2.72. The molecule has 0 saturated carbocycles. The minimum absolute atomic E-state index is 0.119. The van der Waals surface area contributed by atoms with Crippen molar-refractivity contribution >= 4 is 11.6 Å². The van der Waals surface area contributed by atoms with Crippen LogP contribution in [-0.4, -0.2) is 23.7 Å². The van der Waals surface area contributed by atoms with Gasteiger partial charge in [-0.15, -0.1) is 0 Å². The fraction of sp³-hybridized carbons (Fsp3) is 0.462. The number of likely N-dealkylation sites (N-methyl/N-ethyl adjacent to an activating group) is 1. The maximum atomic E-state index is 11.8. The van der Waals surface area contributed by atoms with Crippen LogP contribution in [0.15, 0.2) is 12.1 Å². The van der Waals surface area contributed by atoms with Crippen molar-refractivity contribution in [3.05, 3.63) is 23.3 Å². The number of hydrogen-bond acceptors (Lipinski definition) is 3. The standard InChI is InChI=1S/C13H15NO3/c1-3-14-10-6-9-11(17-7(2)13(9)16)4-8(10)5-12(14)15/h4,6-7,13,16H,3,5H2,1-2H3. The third kappa shape index (κ3) is 1.37. The van der Waals surface area contributed by atoms with Gasteiger partial charge in [-0.1, -0.05) is 0 Å². The second-order valence-electron chi connectivity index (χ2n) is 4.60. The molecule has 0 aromatic heterocycles. The van der Waals surface area contributed by atoms with Crippen molar-refractivity contribution in [2.45, 2.75) is 32.5 Å². The molecule has 2 unspecified atom stereocenters. The average Bonchev–Trinajstić information content (AvgIpc) is 2.74. The van der Waals surface area contributed by atoms with Gasteiger partial charge in [0.15, 0.2) is 0 Å². The number of ether oxygens (including phenoxy) is 1. The lowest BCUT2D eigenvalue weighted by molar-refractivity contribution is -0.117. The van der Waals surface area contributed by atoms with Crippen LogP contribution in [0, 0.1) is 0 Å². The van der Waals surface area contributed by atoms with Gasteiger partial charge >= 0.3 is 0 Å². The summed E-state index contributed by atoms with van der Waals surface area (Å²) in [5, 5.41) is 9.98. The van der Waals surface area contributed by atoms with E-state index in [4.69, 9.17) is 4.74 Å². The highest BCUT2D eigenvalue weighted by Crippen LogP contribution is 2.42.